The van der Waals surface area contributed by atoms with Gasteiger partial charge in [0.25, 0.3) is 0 Å². The largest absolute Gasteiger partial charge is 0.310 e. The molecule has 12 aromatic rings. The van der Waals surface area contributed by atoms with E-state index in [4.69, 9.17) is 0 Å². The summed E-state index contributed by atoms with van der Waals surface area (Å²) in [4.78, 5) is 2.45. The van der Waals surface area contributed by atoms with Crippen molar-refractivity contribution in [3.63, 3.8) is 0 Å². The summed E-state index contributed by atoms with van der Waals surface area (Å²) in [6.45, 7) is 0. The predicted molar refractivity (Wildman–Crippen MR) is 274 cm³/mol. The van der Waals surface area contributed by atoms with Crippen LogP contribution in [0.3, 0.4) is 0 Å². The van der Waals surface area contributed by atoms with Gasteiger partial charge in [-0.2, -0.15) is 0 Å². The quantitative estimate of drug-likeness (QED) is 0.167. The fourth-order valence-corrected chi connectivity index (χ4v) is 13.7. The molecule has 0 bridgehead atoms. The standard InChI is InChI=1S/C61H37NS2/c1-2-14-38(15-3-1)39-26-30-41(31-27-39)62(43-34-35-47-46-18-6-11-23-54(46)61(55(47)36-43)52-21-9-4-16-44(52)45-17-5-10-22-53(45)61)42-32-28-40(29-33-42)50-37-51-48-19-7-12-24-56(48)63-60(51)58-49-20-8-13-25-57(49)64-59(50)58/h1-37H. The molecule has 0 amide bonds. The van der Waals surface area contributed by atoms with Crippen molar-refractivity contribution in [3.8, 4) is 44.5 Å². The Morgan fingerprint density at radius 2 is 0.766 bits per heavy atom. The fraction of sp³-hybridized carbons (Fsp3) is 0.0164. The van der Waals surface area contributed by atoms with Crippen molar-refractivity contribution in [1.29, 1.82) is 0 Å². The molecule has 0 aliphatic heterocycles. The highest BCUT2D eigenvalue weighted by molar-refractivity contribution is 7.30. The molecule has 0 unspecified atom stereocenters. The van der Waals surface area contributed by atoms with Crippen molar-refractivity contribution in [2.75, 3.05) is 4.90 Å². The summed E-state index contributed by atoms with van der Waals surface area (Å²) in [6.07, 6.45) is 0. The van der Waals surface area contributed by atoms with Crippen molar-refractivity contribution < 1.29 is 0 Å². The first-order valence-electron chi connectivity index (χ1n) is 22.0. The van der Waals surface area contributed by atoms with Crippen LogP contribution in [-0.2, 0) is 5.41 Å². The van der Waals surface area contributed by atoms with Gasteiger partial charge < -0.3 is 4.90 Å². The summed E-state index contributed by atoms with van der Waals surface area (Å²) in [5.74, 6) is 0. The van der Waals surface area contributed by atoms with Gasteiger partial charge in [-0.05, 0) is 116 Å². The summed E-state index contributed by atoms with van der Waals surface area (Å²) < 4.78 is 5.39. The van der Waals surface area contributed by atoms with Crippen molar-refractivity contribution in [1.82, 2.24) is 0 Å². The number of fused-ring (bicyclic) bond motifs is 17. The lowest BCUT2D eigenvalue weighted by Crippen LogP contribution is -2.26. The molecule has 0 N–H and O–H groups in total. The number of anilines is 3. The van der Waals surface area contributed by atoms with E-state index in [-0.39, 0.29) is 0 Å². The van der Waals surface area contributed by atoms with Gasteiger partial charge in [-0.15, -0.1) is 22.7 Å². The van der Waals surface area contributed by atoms with Gasteiger partial charge in [-0.25, -0.2) is 0 Å². The Bertz CT molecular complexity index is 3770. The molecule has 0 fully saturated rings. The summed E-state index contributed by atoms with van der Waals surface area (Å²) >= 11 is 3.83. The Morgan fingerprint density at radius 3 is 1.41 bits per heavy atom. The third-order valence-electron chi connectivity index (χ3n) is 13.9. The van der Waals surface area contributed by atoms with E-state index in [2.05, 4.69) is 229 Å². The summed E-state index contributed by atoms with van der Waals surface area (Å²) in [5, 5.41) is 5.37. The maximum atomic E-state index is 2.49. The first kappa shape index (κ1) is 36.0. The minimum Gasteiger partial charge on any atom is -0.310 e. The van der Waals surface area contributed by atoms with Gasteiger partial charge in [-0.1, -0.05) is 170 Å². The zero-order chi connectivity index (χ0) is 41.9. The normalized spacial score (nSPS) is 13.1. The van der Waals surface area contributed by atoms with Gasteiger partial charge in [0.15, 0.2) is 0 Å². The molecule has 2 aromatic heterocycles. The van der Waals surface area contributed by atoms with E-state index in [1.807, 2.05) is 22.7 Å². The minimum absolute atomic E-state index is 0.429. The fourth-order valence-electron chi connectivity index (χ4n) is 11.2. The zero-order valence-electron chi connectivity index (χ0n) is 34.6. The van der Waals surface area contributed by atoms with Crippen molar-refractivity contribution >= 4 is 80.1 Å². The van der Waals surface area contributed by atoms with Crippen LogP contribution in [0.25, 0.3) is 84.9 Å². The molecule has 2 aliphatic carbocycles. The van der Waals surface area contributed by atoms with Crippen LogP contribution in [0.4, 0.5) is 17.1 Å². The molecule has 2 aliphatic rings. The number of thiophene rings is 2. The van der Waals surface area contributed by atoms with Crippen LogP contribution < -0.4 is 4.90 Å². The molecule has 3 heteroatoms. The van der Waals surface area contributed by atoms with Crippen LogP contribution in [-0.4, -0.2) is 0 Å². The molecular formula is C61H37NS2. The number of nitrogens with zero attached hydrogens (tertiary/aromatic N) is 1. The Morgan fingerprint density at radius 1 is 0.297 bits per heavy atom. The first-order valence-corrected chi connectivity index (χ1v) is 23.6. The monoisotopic (exact) mass is 847 g/mol. The van der Waals surface area contributed by atoms with E-state index in [1.165, 1.54) is 107 Å². The highest BCUT2D eigenvalue weighted by Gasteiger charge is 2.51. The van der Waals surface area contributed by atoms with Crippen LogP contribution in [0, 0.1) is 0 Å². The van der Waals surface area contributed by atoms with E-state index < -0.39 is 5.41 Å². The lowest BCUT2D eigenvalue weighted by atomic mass is 9.70. The number of rotatable bonds is 5. The lowest BCUT2D eigenvalue weighted by Gasteiger charge is -2.32. The molecule has 0 atom stereocenters. The number of benzene rings is 10. The van der Waals surface area contributed by atoms with Crippen LogP contribution >= 0.6 is 22.7 Å². The topological polar surface area (TPSA) is 3.24 Å². The van der Waals surface area contributed by atoms with E-state index >= 15 is 0 Å². The predicted octanol–water partition coefficient (Wildman–Crippen LogP) is 17.6. The average Bonchev–Trinajstić information content (AvgIpc) is 4.10. The Kier molecular flexibility index (Phi) is 7.71. The molecule has 0 saturated carbocycles. The summed E-state index contributed by atoms with van der Waals surface area (Å²) in [5.41, 5.74) is 18.5. The lowest BCUT2D eigenvalue weighted by molar-refractivity contribution is 0.793. The molecule has 14 rings (SSSR count). The van der Waals surface area contributed by atoms with Gasteiger partial charge in [0.2, 0.25) is 0 Å². The van der Waals surface area contributed by atoms with Crippen molar-refractivity contribution in [3.05, 3.63) is 247 Å². The Labute approximate surface area is 379 Å². The van der Waals surface area contributed by atoms with Gasteiger partial charge in [0.05, 0.1) is 5.41 Å². The second-order valence-electron chi connectivity index (χ2n) is 17.1. The molecule has 1 nitrogen and oxygen atoms in total. The third-order valence-corrected chi connectivity index (χ3v) is 16.3. The van der Waals surface area contributed by atoms with Crippen LogP contribution in [0.1, 0.15) is 22.3 Å². The van der Waals surface area contributed by atoms with Gasteiger partial charge in [0.1, 0.15) is 0 Å². The smallest absolute Gasteiger partial charge is 0.0726 e. The van der Waals surface area contributed by atoms with E-state index in [1.54, 1.807) is 0 Å². The van der Waals surface area contributed by atoms with Crippen LogP contribution in [0.15, 0.2) is 224 Å². The van der Waals surface area contributed by atoms with E-state index in [9.17, 15) is 0 Å². The highest BCUT2D eigenvalue weighted by Crippen LogP contribution is 2.63. The minimum atomic E-state index is -0.429. The Hall–Kier alpha value is -7.56. The summed E-state index contributed by atoms with van der Waals surface area (Å²) in [6, 6.07) is 83.7. The molecule has 64 heavy (non-hydrogen) atoms. The number of hydrogen-bond donors (Lipinski definition) is 0. The number of hydrogen-bond acceptors (Lipinski definition) is 3. The molecular weight excluding hydrogens is 811 g/mol. The SMILES string of the molecule is c1ccc(-c2ccc(N(c3ccc(-c4cc5c6ccccc6sc5c5c4sc4ccccc45)cc3)c3ccc4c(c3)C3(c5ccccc5-c5ccccc53)c3ccccc3-4)cc2)cc1. The first-order chi connectivity index (χ1) is 31.7. The van der Waals surface area contributed by atoms with Gasteiger partial charge in [-0.3, -0.25) is 0 Å². The van der Waals surface area contributed by atoms with Crippen molar-refractivity contribution in [2.45, 2.75) is 5.41 Å². The van der Waals surface area contributed by atoms with E-state index in [0.29, 0.717) is 0 Å². The highest BCUT2D eigenvalue weighted by atomic mass is 32.1. The second kappa shape index (κ2) is 13.7. The molecule has 10 aromatic carbocycles. The molecule has 1 spiro atoms. The third kappa shape index (κ3) is 4.99. The van der Waals surface area contributed by atoms with Crippen LogP contribution in [0.2, 0.25) is 0 Å². The maximum absolute atomic E-state index is 2.49. The van der Waals surface area contributed by atoms with Crippen LogP contribution in [0.5, 0.6) is 0 Å². The van der Waals surface area contributed by atoms with E-state index in [0.717, 1.165) is 17.1 Å². The molecule has 298 valence electrons. The summed E-state index contributed by atoms with van der Waals surface area (Å²) in [7, 11) is 0. The molecule has 0 radical (unpaired) electrons. The van der Waals surface area contributed by atoms with Crippen molar-refractivity contribution in [2.24, 2.45) is 0 Å². The second-order valence-corrected chi connectivity index (χ2v) is 19.2. The maximum Gasteiger partial charge on any atom is 0.0726 e. The van der Waals surface area contributed by atoms with Gasteiger partial charge in [0, 0.05) is 63.0 Å². The van der Waals surface area contributed by atoms with Gasteiger partial charge >= 0.3 is 0 Å². The Balaban J connectivity index is 0.972. The average molecular weight is 848 g/mol. The zero-order valence-corrected chi connectivity index (χ0v) is 36.3. The molecule has 2 heterocycles. The molecule has 0 saturated heterocycles.